The van der Waals surface area contributed by atoms with Crippen molar-refractivity contribution < 1.29 is 14.5 Å². The van der Waals surface area contributed by atoms with Crippen molar-refractivity contribution >= 4 is 44.8 Å². The van der Waals surface area contributed by atoms with Crippen LogP contribution in [0.5, 0.6) is 5.75 Å². The highest BCUT2D eigenvalue weighted by Crippen LogP contribution is 2.31. The van der Waals surface area contributed by atoms with Crippen molar-refractivity contribution in [3.8, 4) is 5.75 Å². The van der Waals surface area contributed by atoms with Crippen LogP contribution in [0.2, 0.25) is 5.02 Å². The molecular weight excluding hydrogens is 424 g/mol. The highest BCUT2D eigenvalue weighted by molar-refractivity contribution is 9.10. The van der Waals surface area contributed by atoms with E-state index < -0.39 is 10.8 Å². The zero-order valence-corrected chi connectivity index (χ0v) is 16.8. The van der Waals surface area contributed by atoms with Gasteiger partial charge in [-0.1, -0.05) is 38.4 Å². The fourth-order valence-electron chi connectivity index (χ4n) is 2.16. The summed E-state index contributed by atoms with van der Waals surface area (Å²) < 4.78 is 6.27. The molecule has 1 N–H and O–H groups in total. The van der Waals surface area contributed by atoms with Crippen LogP contribution in [0.4, 0.5) is 11.4 Å². The van der Waals surface area contributed by atoms with E-state index in [9.17, 15) is 14.9 Å². The van der Waals surface area contributed by atoms with Gasteiger partial charge in [-0.05, 0) is 51.2 Å². The summed E-state index contributed by atoms with van der Waals surface area (Å²) >= 11 is 9.19. The zero-order valence-electron chi connectivity index (χ0n) is 14.5. The number of nitro groups is 1. The first kappa shape index (κ1) is 20.2. The minimum absolute atomic E-state index is 0.00171. The molecule has 0 unspecified atom stereocenters. The van der Waals surface area contributed by atoms with Gasteiger partial charge in [-0.15, -0.1) is 0 Å². The van der Waals surface area contributed by atoms with Gasteiger partial charge in [-0.25, -0.2) is 0 Å². The molecule has 6 nitrogen and oxygen atoms in total. The molecule has 2 aromatic rings. The average Bonchev–Trinajstić information content (AvgIpc) is 2.54. The Morgan fingerprint density at radius 2 is 1.96 bits per heavy atom. The lowest BCUT2D eigenvalue weighted by atomic mass is 9.87. The number of benzene rings is 2. The van der Waals surface area contributed by atoms with Gasteiger partial charge in [0.2, 0.25) is 0 Å². The molecule has 0 heterocycles. The van der Waals surface area contributed by atoms with Crippen LogP contribution in [0, 0.1) is 10.1 Å². The third kappa shape index (κ3) is 5.19. The van der Waals surface area contributed by atoms with Crippen molar-refractivity contribution in [3.63, 3.8) is 0 Å². The van der Waals surface area contributed by atoms with Gasteiger partial charge in [0, 0.05) is 11.8 Å². The predicted molar refractivity (Wildman–Crippen MR) is 105 cm³/mol. The Kier molecular flexibility index (Phi) is 6.26. The Morgan fingerprint density at radius 3 is 2.54 bits per heavy atom. The molecule has 0 saturated carbocycles. The fraction of sp³-hybridized carbons (Fsp3) is 0.278. The number of amides is 1. The van der Waals surface area contributed by atoms with E-state index in [-0.39, 0.29) is 28.4 Å². The van der Waals surface area contributed by atoms with Gasteiger partial charge in [0.05, 0.1) is 9.40 Å². The second kappa shape index (κ2) is 8.05. The zero-order chi connectivity index (χ0) is 19.5. The Labute approximate surface area is 164 Å². The highest BCUT2D eigenvalue weighted by Gasteiger charge is 2.16. The molecular formula is C18H18BrClN2O4. The lowest BCUT2D eigenvalue weighted by Crippen LogP contribution is -2.20. The van der Waals surface area contributed by atoms with E-state index in [4.69, 9.17) is 16.3 Å². The maximum Gasteiger partial charge on any atom is 0.289 e. The molecule has 0 fully saturated rings. The maximum atomic E-state index is 12.0. The molecule has 0 aromatic heterocycles. The molecule has 26 heavy (non-hydrogen) atoms. The van der Waals surface area contributed by atoms with E-state index in [1.165, 1.54) is 18.2 Å². The third-order valence-electron chi connectivity index (χ3n) is 3.58. The molecule has 0 saturated heterocycles. The van der Waals surface area contributed by atoms with Crippen LogP contribution in [0.15, 0.2) is 40.9 Å². The van der Waals surface area contributed by atoms with Crippen molar-refractivity contribution in [2.45, 2.75) is 26.2 Å². The van der Waals surface area contributed by atoms with Gasteiger partial charge in [0.1, 0.15) is 10.8 Å². The number of hydrogen-bond acceptors (Lipinski definition) is 4. The second-order valence-corrected chi connectivity index (χ2v) is 7.92. The SMILES string of the molecule is CC(C)(C)c1ccc(OCC(=O)Nc2ccc(Cl)c([N+](=O)[O-])c2)c(Br)c1. The van der Waals surface area contributed by atoms with Crippen molar-refractivity contribution in [1.82, 2.24) is 0 Å². The van der Waals surface area contributed by atoms with Crippen LogP contribution in [0.1, 0.15) is 26.3 Å². The van der Waals surface area contributed by atoms with Gasteiger partial charge in [-0.2, -0.15) is 0 Å². The third-order valence-corrected chi connectivity index (χ3v) is 4.52. The van der Waals surface area contributed by atoms with Crippen molar-refractivity contribution in [1.29, 1.82) is 0 Å². The van der Waals surface area contributed by atoms with Crippen LogP contribution >= 0.6 is 27.5 Å². The van der Waals surface area contributed by atoms with E-state index in [0.717, 1.165) is 10.0 Å². The quantitative estimate of drug-likeness (QED) is 0.502. The molecule has 0 aliphatic heterocycles. The maximum absolute atomic E-state index is 12.0. The van der Waals surface area contributed by atoms with Crippen LogP contribution in [0.25, 0.3) is 0 Å². The molecule has 0 radical (unpaired) electrons. The average molecular weight is 442 g/mol. The van der Waals surface area contributed by atoms with Crippen LogP contribution in [0.3, 0.4) is 0 Å². The number of nitro benzene ring substituents is 1. The Balaban J connectivity index is 2.01. The second-order valence-electron chi connectivity index (χ2n) is 6.66. The molecule has 138 valence electrons. The first-order valence-corrected chi connectivity index (χ1v) is 8.91. The number of carbonyl (C=O) groups is 1. The predicted octanol–water partition coefficient (Wildman–Crippen LogP) is 5.33. The summed E-state index contributed by atoms with van der Waals surface area (Å²) in [7, 11) is 0. The summed E-state index contributed by atoms with van der Waals surface area (Å²) in [5.41, 5.74) is 1.14. The van der Waals surface area contributed by atoms with Gasteiger partial charge >= 0.3 is 0 Å². The molecule has 1 amide bonds. The van der Waals surface area contributed by atoms with Crippen molar-refractivity contribution in [3.05, 3.63) is 61.6 Å². The first-order chi connectivity index (χ1) is 12.1. The van der Waals surface area contributed by atoms with Gasteiger partial charge in [0.25, 0.3) is 11.6 Å². The fourth-order valence-corrected chi connectivity index (χ4v) is 2.83. The number of hydrogen-bond donors (Lipinski definition) is 1. The van der Waals surface area contributed by atoms with E-state index in [2.05, 4.69) is 42.0 Å². The van der Waals surface area contributed by atoms with Crippen LogP contribution < -0.4 is 10.1 Å². The van der Waals surface area contributed by atoms with Gasteiger partial charge in [-0.3, -0.25) is 14.9 Å². The minimum Gasteiger partial charge on any atom is -0.483 e. The summed E-state index contributed by atoms with van der Waals surface area (Å²) in [5.74, 6) is 0.101. The topological polar surface area (TPSA) is 81.5 Å². The number of nitrogens with one attached hydrogen (secondary N) is 1. The highest BCUT2D eigenvalue weighted by atomic mass is 79.9. The number of anilines is 1. The van der Waals surface area contributed by atoms with Crippen LogP contribution in [-0.4, -0.2) is 17.4 Å². The smallest absolute Gasteiger partial charge is 0.289 e. The standard InChI is InChI=1S/C18H18BrClN2O4/c1-18(2,3)11-4-7-16(13(19)8-11)26-10-17(23)21-12-5-6-14(20)15(9-12)22(24)25/h4-9H,10H2,1-3H3,(H,21,23). The molecule has 0 aliphatic carbocycles. The lowest BCUT2D eigenvalue weighted by Gasteiger charge is -2.20. The number of ether oxygens (including phenoxy) is 1. The normalized spacial score (nSPS) is 11.1. The molecule has 0 aliphatic rings. The van der Waals surface area contributed by atoms with Crippen LogP contribution in [-0.2, 0) is 10.2 Å². The lowest BCUT2D eigenvalue weighted by molar-refractivity contribution is -0.384. The minimum atomic E-state index is -0.609. The van der Waals surface area contributed by atoms with Gasteiger partial charge < -0.3 is 10.1 Å². The summed E-state index contributed by atoms with van der Waals surface area (Å²) in [6.45, 7) is 6.08. The summed E-state index contributed by atoms with van der Waals surface area (Å²) in [4.78, 5) is 22.3. The molecule has 0 spiro atoms. The number of rotatable bonds is 5. The van der Waals surface area contributed by atoms with E-state index in [1.54, 1.807) is 6.07 Å². The molecule has 8 heteroatoms. The monoisotopic (exact) mass is 440 g/mol. The molecule has 0 atom stereocenters. The number of halogens is 2. The van der Waals surface area contributed by atoms with Crippen molar-refractivity contribution in [2.24, 2.45) is 0 Å². The first-order valence-electron chi connectivity index (χ1n) is 7.74. The molecule has 2 rings (SSSR count). The van der Waals surface area contributed by atoms with Crippen molar-refractivity contribution in [2.75, 3.05) is 11.9 Å². The van der Waals surface area contributed by atoms with E-state index in [0.29, 0.717) is 5.75 Å². The van der Waals surface area contributed by atoms with Gasteiger partial charge in [0.15, 0.2) is 6.61 Å². The molecule has 2 aromatic carbocycles. The number of nitrogens with zero attached hydrogens (tertiary/aromatic N) is 1. The summed E-state index contributed by atoms with van der Waals surface area (Å²) in [5, 5.41) is 13.4. The Bertz CT molecular complexity index is 850. The molecule has 0 bridgehead atoms. The number of carbonyl (C=O) groups excluding carboxylic acids is 1. The Hall–Kier alpha value is -2.12. The summed E-state index contributed by atoms with van der Waals surface area (Å²) in [6, 6.07) is 9.74. The van der Waals surface area contributed by atoms with E-state index in [1.807, 2.05) is 12.1 Å². The Morgan fingerprint density at radius 1 is 1.27 bits per heavy atom. The summed E-state index contributed by atoms with van der Waals surface area (Å²) in [6.07, 6.45) is 0. The largest absolute Gasteiger partial charge is 0.483 e. The van der Waals surface area contributed by atoms with E-state index >= 15 is 0 Å².